The maximum absolute atomic E-state index is 12.3. The zero-order valence-corrected chi connectivity index (χ0v) is 15.3. The SMILES string of the molecule is N#C/C(=C/Nc1cccc2ccccc12)C(=O)Nc1ccc(S(=O)(=O)O)cc1. The van der Waals surface area contributed by atoms with Gasteiger partial charge in [0, 0.05) is 23.0 Å². The molecule has 0 saturated carbocycles. The van der Waals surface area contributed by atoms with Gasteiger partial charge in [-0.25, -0.2) is 0 Å². The van der Waals surface area contributed by atoms with Gasteiger partial charge in [-0.05, 0) is 35.7 Å². The molecule has 3 rings (SSSR count). The summed E-state index contributed by atoms with van der Waals surface area (Å²) in [6.45, 7) is 0. The third kappa shape index (κ3) is 4.35. The molecule has 3 N–H and O–H groups in total. The quantitative estimate of drug-likeness (QED) is 0.346. The zero-order valence-electron chi connectivity index (χ0n) is 14.5. The second kappa shape index (κ2) is 7.92. The summed E-state index contributed by atoms with van der Waals surface area (Å²) in [7, 11) is -4.31. The molecule has 1 amide bonds. The summed E-state index contributed by atoms with van der Waals surface area (Å²) in [6, 6.07) is 20.1. The fourth-order valence-electron chi connectivity index (χ4n) is 2.56. The number of anilines is 2. The first-order chi connectivity index (χ1) is 13.4. The van der Waals surface area contributed by atoms with Crippen molar-refractivity contribution in [2.24, 2.45) is 0 Å². The first-order valence-electron chi connectivity index (χ1n) is 8.12. The van der Waals surface area contributed by atoms with Crippen molar-refractivity contribution < 1.29 is 17.8 Å². The molecular weight excluding hydrogens is 378 g/mol. The largest absolute Gasteiger partial charge is 0.360 e. The minimum Gasteiger partial charge on any atom is -0.360 e. The fraction of sp³-hybridized carbons (Fsp3) is 0. The molecule has 0 spiro atoms. The third-order valence-corrected chi connectivity index (χ3v) is 4.80. The summed E-state index contributed by atoms with van der Waals surface area (Å²) in [5.74, 6) is -0.658. The molecule has 0 aliphatic heterocycles. The van der Waals surface area contributed by atoms with E-state index in [4.69, 9.17) is 4.55 Å². The number of nitrogens with zero attached hydrogens (tertiary/aromatic N) is 1. The Morgan fingerprint density at radius 1 is 1.00 bits per heavy atom. The Morgan fingerprint density at radius 3 is 2.36 bits per heavy atom. The number of fused-ring (bicyclic) bond motifs is 1. The van der Waals surface area contributed by atoms with Crippen molar-refractivity contribution in [1.82, 2.24) is 0 Å². The van der Waals surface area contributed by atoms with Gasteiger partial charge >= 0.3 is 0 Å². The lowest BCUT2D eigenvalue weighted by molar-refractivity contribution is -0.112. The number of carbonyl (C=O) groups is 1. The van der Waals surface area contributed by atoms with Gasteiger partial charge in [0.05, 0.1) is 4.90 Å². The Bertz CT molecular complexity index is 1200. The van der Waals surface area contributed by atoms with E-state index in [1.807, 2.05) is 48.5 Å². The predicted molar refractivity (Wildman–Crippen MR) is 106 cm³/mol. The van der Waals surface area contributed by atoms with Crippen LogP contribution in [0.4, 0.5) is 11.4 Å². The fourth-order valence-corrected chi connectivity index (χ4v) is 3.04. The normalized spacial score (nSPS) is 11.6. The Morgan fingerprint density at radius 2 is 1.68 bits per heavy atom. The van der Waals surface area contributed by atoms with Crippen LogP contribution in [0.5, 0.6) is 0 Å². The molecule has 28 heavy (non-hydrogen) atoms. The Kier molecular flexibility index (Phi) is 5.40. The molecule has 0 unspecified atom stereocenters. The summed E-state index contributed by atoms with van der Waals surface area (Å²) < 4.78 is 31.0. The van der Waals surface area contributed by atoms with Crippen molar-refractivity contribution in [3.8, 4) is 6.07 Å². The van der Waals surface area contributed by atoms with E-state index in [0.717, 1.165) is 28.6 Å². The topological polar surface area (TPSA) is 119 Å². The summed E-state index contributed by atoms with van der Waals surface area (Å²) in [4.78, 5) is 12.0. The monoisotopic (exact) mass is 393 g/mol. The van der Waals surface area contributed by atoms with Crippen molar-refractivity contribution in [2.45, 2.75) is 4.90 Å². The maximum Gasteiger partial charge on any atom is 0.294 e. The number of rotatable bonds is 5. The molecule has 0 fully saturated rings. The van der Waals surface area contributed by atoms with E-state index in [1.54, 1.807) is 0 Å². The van der Waals surface area contributed by atoms with E-state index >= 15 is 0 Å². The molecule has 0 aliphatic rings. The molecule has 8 heteroatoms. The first-order valence-corrected chi connectivity index (χ1v) is 9.56. The van der Waals surface area contributed by atoms with Gasteiger partial charge in [-0.15, -0.1) is 0 Å². The van der Waals surface area contributed by atoms with Gasteiger partial charge in [0.2, 0.25) is 0 Å². The van der Waals surface area contributed by atoms with Crippen LogP contribution in [0.25, 0.3) is 10.8 Å². The maximum atomic E-state index is 12.3. The van der Waals surface area contributed by atoms with Gasteiger partial charge in [0.15, 0.2) is 0 Å². The van der Waals surface area contributed by atoms with E-state index < -0.39 is 16.0 Å². The van der Waals surface area contributed by atoms with Crippen LogP contribution >= 0.6 is 0 Å². The van der Waals surface area contributed by atoms with Crippen molar-refractivity contribution in [3.05, 3.63) is 78.5 Å². The lowest BCUT2D eigenvalue weighted by Crippen LogP contribution is -2.14. The zero-order chi connectivity index (χ0) is 20.1. The van der Waals surface area contributed by atoms with Crippen LogP contribution in [0.2, 0.25) is 0 Å². The van der Waals surface area contributed by atoms with E-state index in [1.165, 1.54) is 18.3 Å². The van der Waals surface area contributed by atoms with Crippen molar-refractivity contribution >= 4 is 38.2 Å². The number of hydrogen-bond donors (Lipinski definition) is 3. The lowest BCUT2D eigenvalue weighted by atomic mass is 10.1. The van der Waals surface area contributed by atoms with Gasteiger partial charge in [0.25, 0.3) is 16.0 Å². The van der Waals surface area contributed by atoms with E-state index in [0.29, 0.717) is 0 Å². The third-order valence-electron chi connectivity index (χ3n) is 3.94. The number of hydrogen-bond acceptors (Lipinski definition) is 5. The van der Waals surface area contributed by atoms with Crippen LogP contribution in [0.15, 0.2) is 83.4 Å². The predicted octanol–water partition coefficient (Wildman–Crippen LogP) is 3.54. The molecule has 0 bridgehead atoms. The average Bonchev–Trinajstić information content (AvgIpc) is 2.68. The van der Waals surface area contributed by atoms with Crippen LogP contribution in [0.1, 0.15) is 0 Å². The van der Waals surface area contributed by atoms with Gasteiger partial charge in [-0.1, -0.05) is 36.4 Å². The van der Waals surface area contributed by atoms with E-state index in [-0.39, 0.29) is 16.2 Å². The van der Waals surface area contributed by atoms with Gasteiger partial charge in [-0.3, -0.25) is 9.35 Å². The van der Waals surface area contributed by atoms with Crippen LogP contribution in [0.3, 0.4) is 0 Å². The molecule has 140 valence electrons. The molecular formula is C20H15N3O4S. The second-order valence-corrected chi connectivity index (χ2v) is 7.22. The van der Waals surface area contributed by atoms with E-state index in [2.05, 4.69) is 10.6 Å². The van der Waals surface area contributed by atoms with Crippen LogP contribution in [0, 0.1) is 11.3 Å². The van der Waals surface area contributed by atoms with Crippen LogP contribution in [-0.2, 0) is 14.9 Å². The minimum atomic E-state index is -4.31. The molecule has 3 aromatic rings. The number of benzene rings is 3. The smallest absolute Gasteiger partial charge is 0.294 e. The highest BCUT2D eigenvalue weighted by atomic mass is 32.2. The highest BCUT2D eigenvalue weighted by Gasteiger charge is 2.12. The van der Waals surface area contributed by atoms with Crippen LogP contribution < -0.4 is 10.6 Å². The van der Waals surface area contributed by atoms with Crippen LogP contribution in [-0.4, -0.2) is 18.9 Å². The standard InChI is InChI=1S/C20H15N3O4S/c21-12-15(13-22-19-7-3-5-14-4-1-2-6-18(14)19)20(24)23-16-8-10-17(11-9-16)28(25,26)27/h1-11,13,22H,(H,23,24)(H,25,26,27)/b15-13-. The number of amides is 1. The molecule has 0 heterocycles. The molecule has 0 aliphatic carbocycles. The number of nitriles is 1. The summed E-state index contributed by atoms with van der Waals surface area (Å²) in [5.41, 5.74) is 0.867. The van der Waals surface area contributed by atoms with Gasteiger partial charge in [-0.2, -0.15) is 13.7 Å². The van der Waals surface area contributed by atoms with Crippen molar-refractivity contribution in [2.75, 3.05) is 10.6 Å². The Labute approximate surface area is 161 Å². The van der Waals surface area contributed by atoms with Gasteiger partial charge < -0.3 is 10.6 Å². The molecule has 3 aromatic carbocycles. The highest BCUT2D eigenvalue weighted by Crippen LogP contribution is 2.23. The highest BCUT2D eigenvalue weighted by molar-refractivity contribution is 7.85. The lowest BCUT2D eigenvalue weighted by Gasteiger charge is -2.08. The summed E-state index contributed by atoms with van der Waals surface area (Å²) >= 11 is 0. The second-order valence-electron chi connectivity index (χ2n) is 5.79. The Balaban J connectivity index is 1.77. The summed E-state index contributed by atoms with van der Waals surface area (Å²) in [6.07, 6.45) is 1.31. The Hall–Kier alpha value is -3.67. The minimum absolute atomic E-state index is 0.160. The molecule has 0 saturated heterocycles. The van der Waals surface area contributed by atoms with Crippen molar-refractivity contribution in [1.29, 1.82) is 5.26 Å². The number of carbonyl (C=O) groups excluding carboxylic acids is 1. The molecule has 7 nitrogen and oxygen atoms in total. The van der Waals surface area contributed by atoms with Gasteiger partial charge in [0.1, 0.15) is 11.6 Å². The van der Waals surface area contributed by atoms with E-state index in [9.17, 15) is 18.5 Å². The average molecular weight is 393 g/mol. The molecule has 0 aromatic heterocycles. The number of nitrogens with one attached hydrogen (secondary N) is 2. The molecule has 0 atom stereocenters. The summed E-state index contributed by atoms with van der Waals surface area (Å²) in [5, 5.41) is 16.7. The van der Waals surface area contributed by atoms with Crippen molar-refractivity contribution in [3.63, 3.8) is 0 Å². The molecule has 0 radical (unpaired) electrons. The first kappa shape index (κ1) is 19.1.